The highest BCUT2D eigenvalue weighted by atomic mass is 16.4. The van der Waals surface area contributed by atoms with Crippen molar-refractivity contribution in [2.75, 3.05) is 0 Å². The molecular formula is C16H30O4. The van der Waals surface area contributed by atoms with Gasteiger partial charge in [-0.25, -0.2) is 0 Å². The summed E-state index contributed by atoms with van der Waals surface area (Å²) in [6.45, 7) is 4.02. The van der Waals surface area contributed by atoms with Gasteiger partial charge in [-0.15, -0.1) is 0 Å². The van der Waals surface area contributed by atoms with Gasteiger partial charge in [-0.05, 0) is 50.9 Å². The van der Waals surface area contributed by atoms with Crippen LogP contribution in [0, 0.1) is 11.8 Å². The van der Waals surface area contributed by atoms with Crippen molar-refractivity contribution in [2.24, 2.45) is 11.8 Å². The SMILES string of the molecule is CCCCCC(C)(O)CCC1CC[C@@H](O)C1CC(=O)O. The molecule has 3 N–H and O–H groups in total. The van der Waals surface area contributed by atoms with Crippen LogP contribution in [0.2, 0.25) is 0 Å². The summed E-state index contributed by atoms with van der Waals surface area (Å²) in [6.07, 6.45) is 6.77. The number of carbonyl (C=O) groups is 1. The molecular weight excluding hydrogens is 256 g/mol. The van der Waals surface area contributed by atoms with Gasteiger partial charge in [0.2, 0.25) is 0 Å². The maximum Gasteiger partial charge on any atom is 0.303 e. The normalized spacial score (nSPS) is 29.3. The summed E-state index contributed by atoms with van der Waals surface area (Å²) in [7, 11) is 0. The van der Waals surface area contributed by atoms with Crippen molar-refractivity contribution < 1.29 is 20.1 Å². The summed E-state index contributed by atoms with van der Waals surface area (Å²) in [5.74, 6) is -0.742. The molecule has 1 fully saturated rings. The van der Waals surface area contributed by atoms with Gasteiger partial charge in [0.1, 0.15) is 0 Å². The van der Waals surface area contributed by atoms with Crippen LogP contribution in [0.1, 0.15) is 71.6 Å². The minimum absolute atomic E-state index is 0.0454. The topological polar surface area (TPSA) is 77.8 Å². The summed E-state index contributed by atoms with van der Waals surface area (Å²) in [6, 6.07) is 0. The Morgan fingerprint density at radius 3 is 2.55 bits per heavy atom. The number of unbranched alkanes of at least 4 members (excludes halogenated alkanes) is 2. The van der Waals surface area contributed by atoms with E-state index in [1.54, 1.807) is 0 Å². The van der Waals surface area contributed by atoms with E-state index in [1.807, 2.05) is 6.92 Å². The van der Waals surface area contributed by atoms with Gasteiger partial charge in [-0.1, -0.05) is 26.2 Å². The van der Waals surface area contributed by atoms with Gasteiger partial charge < -0.3 is 15.3 Å². The van der Waals surface area contributed by atoms with Gasteiger partial charge in [0, 0.05) is 0 Å². The minimum Gasteiger partial charge on any atom is -0.481 e. The van der Waals surface area contributed by atoms with E-state index in [0.29, 0.717) is 12.8 Å². The lowest BCUT2D eigenvalue weighted by Crippen LogP contribution is -2.27. The lowest BCUT2D eigenvalue weighted by Gasteiger charge is -2.27. The molecule has 0 saturated heterocycles. The molecule has 1 saturated carbocycles. The fraction of sp³-hybridized carbons (Fsp3) is 0.938. The molecule has 1 rings (SSSR count). The zero-order valence-corrected chi connectivity index (χ0v) is 12.8. The first-order valence-electron chi connectivity index (χ1n) is 7.98. The van der Waals surface area contributed by atoms with Gasteiger partial charge in [-0.3, -0.25) is 4.79 Å². The monoisotopic (exact) mass is 286 g/mol. The second-order valence-corrected chi connectivity index (χ2v) is 6.66. The lowest BCUT2D eigenvalue weighted by atomic mass is 9.83. The molecule has 0 bridgehead atoms. The maximum atomic E-state index is 10.9. The Morgan fingerprint density at radius 2 is 1.95 bits per heavy atom. The number of aliphatic hydroxyl groups excluding tert-OH is 1. The summed E-state index contributed by atoms with van der Waals surface area (Å²) in [4.78, 5) is 10.9. The van der Waals surface area contributed by atoms with Crippen molar-refractivity contribution >= 4 is 5.97 Å². The molecule has 0 aromatic rings. The minimum atomic E-state index is -0.837. The molecule has 1 aliphatic carbocycles. The van der Waals surface area contributed by atoms with Crippen LogP contribution in [0.3, 0.4) is 0 Å². The van der Waals surface area contributed by atoms with Crippen LogP contribution in [0.5, 0.6) is 0 Å². The highest BCUT2D eigenvalue weighted by Crippen LogP contribution is 2.39. The molecule has 0 radical (unpaired) electrons. The first kappa shape index (κ1) is 17.4. The van der Waals surface area contributed by atoms with Crippen molar-refractivity contribution in [3.63, 3.8) is 0 Å². The lowest BCUT2D eigenvalue weighted by molar-refractivity contribution is -0.139. The molecule has 0 aliphatic heterocycles. The molecule has 0 aromatic carbocycles. The predicted molar refractivity (Wildman–Crippen MR) is 78.5 cm³/mol. The highest BCUT2D eigenvalue weighted by Gasteiger charge is 2.37. The standard InChI is InChI=1S/C16H30O4/c1-3-4-5-9-16(2,20)10-8-12-6-7-14(17)13(12)11-15(18)19/h12-14,17,20H,3-11H2,1-2H3,(H,18,19)/t12?,13?,14-,16?/m1/s1. The third-order valence-corrected chi connectivity index (χ3v) is 4.72. The third-order valence-electron chi connectivity index (χ3n) is 4.72. The van der Waals surface area contributed by atoms with Crippen LogP contribution < -0.4 is 0 Å². The molecule has 118 valence electrons. The molecule has 3 unspecified atom stereocenters. The number of hydrogen-bond acceptors (Lipinski definition) is 3. The molecule has 4 atom stereocenters. The van der Waals surface area contributed by atoms with Crippen molar-refractivity contribution in [3.8, 4) is 0 Å². The van der Waals surface area contributed by atoms with Gasteiger partial charge in [0.25, 0.3) is 0 Å². The summed E-state index contributed by atoms with van der Waals surface area (Å²) in [5.41, 5.74) is -0.656. The van der Waals surface area contributed by atoms with Gasteiger partial charge in [-0.2, -0.15) is 0 Å². The summed E-state index contributed by atoms with van der Waals surface area (Å²) < 4.78 is 0. The average molecular weight is 286 g/mol. The Balaban J connectivity index is 2.40. The van der Waals surface area contributed by atoms with Gasteiger partial charge >= 0.3 is 5.97 Å². The summed E-state index contributed by atoms with van der Waals surface area (Å²) in [5, 5.41) is 29.2. The Morgan fingerprint density at radius 1 is 1.25 bits per heavy atom. The van der Waals surface area contributed by atoms with Crippen LogP contribution in [-0.2, 0) is 4.79 Å². The van der Waals surface area contributed by atoms with Crippen molar-refractivity contribution in [1.29, 1.82) is 0 Å². The highest BCUT2D eigenvalue weighted by molar-refractivity contribution is 5.67. The number of carboxylic acids is 1. The van der Waals surface area contributed by atoms with Gasteiger partial charge in [0.15, 0.2) is 0 Å². The van der Waals surface area contributed by atoms with Crippen molar-refractivity contribution in [1.82, 2.24) is 0 Å². The zero-order valence-electron chi connectivity index (χ0n) is 12.8. The quantitative estimate of drug-likeness (QED) is 0.569. The van der Waals surface area contributed by atoms with Crippen molar-refractivity contribution in [3.05, 3.63) is 0 Å². The number of rotatable bonds is 9. The van der Waals surface area contributed by atoms with Crippen LogP contribution in [-0.4, -0.2) is 33.0 Å². The van der Waals surface area contributed by atoms with E-state index in [9.17, 15) is 15.0 Å². The van der Waals surface area contributed by atoms with Crippen molar-refractivity contribution in [2.45, 2.75) is 83.3 Å². The smallest absolute Gasteiger partial charge is 0.303 e. The Kier molecular flexibility index (Phi) is 6.96. The van der Waals surface area contributed by atoms with Crippen LogP contribution >= 0.6 is 0 Å². The van der Waals surface area contributed by atoms with E-state index in [-0.39, 0.29) is 18.3 Å². The number of carboxylic acid groups (broad SMARTS) is 1. The van der Waals surface area contributed by atoms with E-state index >= 15 is 0 Å². The predicted octanol–water partition coefficient (Wildman–Crippen LogP) is 2.96. The maximum absolute atomic E-state index is 10.9. The van der Waals surface area contributed by atoms with Crippen LogP contribution in [0.25, 0.3) is 0 Å². The first-order valence-corrected chi connectivity index (χ1v) is 7.98. The molecule has 0 amide bonds. The molecule has 1 aliphatic rings. The Labute approximate surface area is 122 Å². The average Bonchev–Trinajstić information content (AvgIpc) is 2.68. The van der Waals surface area contributed by atoms with Crippen LogP contribution in [0.15, 0.2) is 0 Å². The molecule has 20 heavy (non-hydrogen) atoms. The third kappa shape index (κ3) is 5.80. The first-order chi connectivity index (χ1) is 9.35. The molecule has 0 spiro atoms. The number of aliphatic carboxylic acids is 1. The molecule has 4 heteroatoms. The Bertz CT molecular complexity index is 301. The van der Waals surface area contributed by atoms with E-state index in [2.05, 4.69) is 6.92 Å². The van der Waals surface area contributed by atoms with Gasteiger partial charge in [0.05, 0.1) is 18.1 Å². The molecule has 0 aromatic heterocycles. The van der Waals surface area contributed by atoms with E-state index in [1.165, 1.54) is 0 Å². The van der Waals surface area contributed by atoms with E-state index in [0.717, 1.165) is 38.5 Å². The number of aliphatic hydroxyl groups is 2. The fourth-order valence-electron chi connectivity index (χ4n) is 3.37. The second-order valence-electron chi connectivity index (χ2n) is 6.66. The second kappa shape index (κ2) is 7.99. The fourth-order valence-corrected chi connectivity index (χ4v) is 3.37. The summed E-state index contributed by atoms with van der Waals surface area (Å²) >= 11 is 0. The van der Waals surface area contributed by atoms with E-state index in [4.69, 9.17) is 5.11 Å². The number of hydrogen-bond donors (Lipinski definition) is 3. The Hall–Kier alpha value is -0.610. The largest absolute Gasteiger partial charge is 0.481 e. The molecule has 4 nitrogen and oxygen atoms in total. The zero-order chi connectivity index (χ0) is 15.2. The van der Waals surface area contributed by atoms with Crippen LogP contribution in [0.4, 0.5) is 0 Å². The molecule has 0 heterocycles. The van der Waals surface area contributed by atoms with E-state index < -0.39 is 17.7 Å².